The zero-order valence-corrected chi connectivity index (χ0v) is 11.4. The van der Waals surface area contributed by atoms with Gasteiger partial charge in [0.1, 0.15) is 11.9 Å². The number of aliphatic hydroxyl groups excluding tert-OH is 1. The summed E-state index contributed by atoms with van der Waals surface area (Å²) < 4.78 is 13.5. The van der Waals surface area contributed by atoms with Gasteiger partial charge in [-0.2, -0.15) is 0 Å². The third-order valence-electron chi connectivity index (χ3n) is 2.56. The summed E-state index contributed by atoms with van der Waals surface area (Å²) >= 11 is 3.12. The number of benzene rings is 1. The van der Waals surface area contributed by atoms with Crippen molar-refractivity contribution in [2.45, 2.75) is 19.4 Å². The summed E-state index contributed by atoms with van der Waals surface area (Å²) in [6.45, 7) is 1.83. The van der Waals surface area contributed by atoms with Crippen molar-refractivity contribution in [3.05, 3.63) is 57.8 Å². The molecule has 5 heteroatoms. The zero-order chi connectivity index (χ0) is 13.1. The van der Waals surface area contributed by atoms with Crippen LogP contribution in [-0.4, -0.2) is 15.1 Å². The Labute approximate surface area is 113 Å². The smallest absolute Gasteiger partial charge is 0.137 e. The van der Waals surface area contributed by atoms with Crippen molar-refractivity contribution in [2.75, 3.05) is 0 Å². The van der Waals surface area contributed by atoms with Crippen LogP contribution < -0.4 is 0 Å². The molecule has 0 radical (unpaired) electrons. The molecule has 1 aromatic carbocycles. The number of aliphatic hydroxyl groups is 1. The van der Waals surface area contributed by atoms with E-state index in [1.54, 1.807) is 24.5 Å². The van der Waals surface area contributed by atoms with Gasteiger partial charge in [-0.15, -0.1) is 0 Å². The zero-order valence-electron chi connectivity index (χ0n) is 9.77. The van der Waals surface area contributed by atoms with Gasteiger partial charge < -0.3 is 5.11 Å². The third-order valence-corrected chi connectivity index (χ3v) is 3.16. The monoisotopic (exact) mass is 310 g/mol. The first-order valence-corrected chi connectivity index (χ1v) is 6.26. The Morgan fingerprint density at radius 3 is 2.72 bits per heavy atom. The molecule has 0 amide bonds. The highest BCUT2D eigenvalue weighted by molar-refractivity contribution is 9.10. The van der Waals surface area contributed by atoms with Gasteiger partial charge in [0.15, 0.2) is 0 Å². The van der Waals surface area contributed by atoms with Gasteiger partial charge in [-0.3, -0.25) is 9.97 Å². The Bertz CT molecular complexity index is 545. The second-order valence-electron chi connectivity index (χ2n) is 4.05. The number of aryl methyl sites for hydroxylation is 1. The fraction of sp³-hybridized carbons (Fsp3) is 0.231. The molecule has 0 aliphatic heterocycles. The number of nitrogens with zero attached hydrogens (tertiary/aromatic N) is 2. The minimum Gasteiger partial charge on any atom is -0.386 e. The van der Waals surface area contributed by atoms with Crippen LogP contribution in [0.1, 0.15) is 23.1 Å². The average molecular weight is 311 g/mol. The molecule has 1 heterocycles. The largest absolute Gasteiger partial charge is 0.386 e. The molecule has 1 N–H and O–H groups in total. The number of aromatic nitrogens is 2. The Balaban J connectivity index is 2.13. The van der Waals surface area contributed by atoms with Gasteiger partial charge >= 0.3 is 0 Å². The molecule has 0 fully saturated rings. The Hall–Kier alpha value is -1.33. The van der Waals surface area contributed by atoms with Crippen LogP contribution in [0, 0.1) is 12.7 Å². The molecule has 0 bridgehead atoms. The number of hydrogen-bond donors (Lipinski definition) is 1. The summed E-state index contributed by atoms with van der Waals surface area (Å²) in [5, 5.41) is 10.0. The van der Waals surface area contributed by atoms with Gasteiger partial charge in [-0.1, -0.05) is 6.07 Å². The topological polar surface area (TPSA) is 46.0 Å². The first-order chi connectivity index (χ1) is 8.56. The van der Waals surface area contributed by atoms with Crippen molar-refractivity contribution in [1.82, 2.24) is 9.97 Å². The fourth-order valence-corrected chi connectivity index (χ4v) is 2.00. The van der Waals surface area contributed by atoms with Crippen LogP contribution in [-0.2, 0) is 6.42 Å². The van der Waals surface area contributed by atoms with E-state index in [1.165, 1.54) is 6.07 Å². The lowest BCUT2D eigenvalue weighted by atomic mass is 10.1. The van der Waals surface area contributed by atoms with E-state index in [0.717, 1.165) is 11.3 Å². The van der Waals surface area contributed by atoms with Crippen LogP contribution >= 0.6 is 15.9 Å². The minimum atomic E-state index is -0.740. The van der Waals surface area contributed by atoms with E-state index in [0.29, 0.717) is 16.6 Å². The minimum absolute atomic E-state index is 0.316. The normalized spacial score (nSPS) is 12.4. The van der Waals surface area contributed by atoms with Gasteiger partial charge in [0.25, 0.3) is 0 Å². The predicted molar refractivity (Wildman–Crippen MR) is 69.5 cm³/mol. The van der Waals surface area contributed by atoms with Crippen molar-refractivity contribution in [3.63, 3.8) is 0 Å². The van der Waals surface area contributed by atoms with E-state index < -0.39 is 6.10 Å². The molecule has 0 spiro atoms. The van der Waals surface area contributed by atoms with Gasteiger partial charge in [-0.25, -0.2) is 4.39 Å². The predicted octanol–water partition coefficient (Wildman–Crippen LogP) is 2.96. The van der Waals surface area contributed by atoms with Crippen molar-refractivity contribution in [3.8, 4) is 0 Å². The highest BCUT2D eigenvalue weighted by Gasteiger charge is 2.11. The van der Waals surface area contributed by atoms with Crippen LogP contribution in [0.3, 0.4) is 0 Å². The molecular weight excluding hydrogens is 299 g/mol. The summed E-state index contributed by atoms with van der Waals surface area (Å²) in [6, 6.07) is 4.66. The van der Waals surface area contributed by atoms with Gasteiger partial charge in [0.2, 0.25) is 0 Å². The van der Waals surface area contributed by atoms with Gasteiger partial charge in [-0.05, 0) is 40.5 Å². The highest BCUT2D eigenvalue weighted by atomic mass is 79.9. The number of hydrogen-bond acceptors (Lipinski definition) is 3. The van der Waals surface area contributed by atoms with E-state index >= 15 is 0 Å². The summed E-state index contributed by atoms with van der Waals surface area (Å²) in [5.74, 6) is -0.316. The molecule has 94 valence electrons. The van der Waals surface area contributed by atoms with E-state index in [2.05, 4.69) is 25.9 Å². The molecule has 0 saturated carbocycles. The molecular formula is C13H12BrFN2O. The molecule has 2 rings (SSSR count). The molecule has 3 nitrogen and oxygen atoms in total. The molecule has 0 aliphatic carbocycles. The van der Waals surface area contributed by atoms with E-state index in [-0.39, 0.29) is 5.82 Å². The summed E-state index contributed by atoms with van der Waals surface area (Å²) in [6.07, 6.45) is 2.80. The van der Waals surface area contributed by atoms with E-state index in [9.17, 15) is 9.50 Å². The van der Waals surface area contributed by atoms with Crippen LogP contribution in [0.15, 0.2) is 35.1 Å². The Morgan fingerprint density at radius 2 is 2.11 bits per heavy atom. The standard InChI is InChI=1S/C13H12BrFN2O/c1-8-6-17-12(7-16-8)13(18)5-9-2-3-11(15)10(14)4-9/h2-4,6-7,13,18H,5H2,1H3. The maximum atomic E-state index is 13.1. The highest BCUT2D eigenvalue weighted by Crippen LogP contribution is 2.21. The molecule has 1 aromatic heterocycles. The van der Waals surface area contributed by atoms with Crippen LogP contribution in [0.25, 0.3) is 0 Å². The lowest BCUT2D eigenvalue weighted by Crippen LogP contribution is -2.05. The molecule has 18 heavy (non-hydrogen) atoms. The Morgan fingerprint density at radius 1 is 1.33 bits per heavy atom. The van der Waals surface area contributed by atoms with E-state index in [4.69, 9.17) is 0 Å². The van der Waals surface area contributed by atoms with Crippen LogP contribution in [0.5, 0.6) is 0 Å². The van der Waals surface area contributed by atoms with Crippen molar-refractivity contribution >= 4 is 15.9 Å². The number of halogens is 2. The first kappa shape index (κ1) is 13.1. The molecule has 1 unspecified atom stereocenters. The quantitative estimate of drug-likeness (QED) is 0.948. The van der Waals surface area contributed by atoms with Crippen molar-refractivity contribution in [2.24, 2.45) is 0 Å². The molecule has 0 aliphatic rings. The summed E-state index contributed by atoms with van der Waals surface area (Å²) in [5.41, 5.74) is 2.15. The van der Waals surface area contributed by atoms with Gasteiger partial charge in [0, 0.05) is 12.6 Å². The van der Waals surface area contributed by atoms with E-state index in [1.807, 2.05) is 6.92 Å². The lowest BCUT2D eigenvalue weighted by molar-refractivity contribution is 0.173. The first-order valence-electron chi connectivity index (χ1n) is 5.47. The maximum Gasteiger partial charge on any atom is 0.137 e. The molecule has 1 atom stereocenters. The number of rotatable bonds is 3. The summed E-state index contributed by atoms with van der Waals surface area (Å²) in [4.78, 5) is 8.20. The second kappa shape index (κ2) is 5.54. The van der Waals surface area contributed by atoms with Crippen molar-refractivity contribution < 1.29 is 9.50 Å². The van der Waals surface area contributed by atoms with Crippen LogP contribution in [0.2, 0.25) is 0 Å². The second-order valence-corrected chi connectivity index (χ2v) is 4.91. The Kier molecular flexibility index (Phi) is 4.04. The SMILES string of the molecule is Cc1cnc(C(O)Cc2ccc(F)c(Br)c2)cn1. The lowest BCUT2D eigenvalue weighted by Gasteiger charge is -2.10. The molecule has 2 aromatic rings. The summed E-state index contributed by atoms with van der Waals surface area (Å²) in [7, 11) is 0. The maximum absolute atomic E-state index is 13.1. The van der Waals surface area contributed by atoms with Crippen molar-refractivity contribution in [1.29, 1.82) is 0 Å². The van der Waals surface area contributed by atoms with Gasteiger partial charge in [0.05, 0.1) is 22.1 Å². The third kappa shape index (κ3) is 3.11. The molecule has 0 saturated heterocycles. The fourth-order valence-electron chi connectivity index (χ4n) is 1.57. The van der Waals surface area contributed by atoms with Crippen LogP contribution in [0.4, 0.5) is 4.39 Å². The average Bonchev–Trinajstić information content (AvgIpc) is 2.34.